The summed E-state index contributed by atoms with van der Waals surface area (Å²) in [5.74, 6) is 1.63. The number of hydrogen-bond acceptors (Lipinski definition) is 4. The summed E-state index contributed by atoms with van der Waals surface area (Å²) in [7, 11) is 0. The van der Waals surface area contributed by atoms with Crippen LogP contribution in [0.15, 0.2) is 54.6 Å². The number of amides is 1. The third-order valence-electron chi connectivity index (χ3n) is 6.32. The molecular formula is C27H29NO4. The van der Waals surface area contributed by atoms with Crippen molar-refractivity contribution < 1.29 is 19.0 Å². The maximum atomic E-state index is 13.5. The van der Waals surface area contributed by atoms with Crippen LogP contribution in [0.2, 0.25) is 0 Å². The minimum Gasteiger partial charge on any atom is -0.488 e. The second kappa shape index (κ2) is 8.47. The highest BCUT2D eigenvalue weighted by Crippen LogP contribution is 2.43. The summed E-state index contributed by atoms with van der Waals surface area (Å²) in [4.78, 5) is 15.4. The van der Waals surface area contributed by atoms with Crippen LogP contribution in [0, 0.1) is 0 Å². The van der Waals surface area contributed by atoms with E-state index < -0.39 is 0 Å². The zero-order chi connectivity index (χ0) is 22.1. The van der Waals surface area contributed by atoms with Crippen LogP contribution in [0.25, 0.3) is 10.8 Å². The highest BCUT2D eigenvalue weighted by molar-refractivity contribution is 6.04. The number of ether oxygens (including phenoxy) is 3. The normalized spacial score (nSPS) is 17.5. The van der Waals surface area contributed by atoms with Crippen molar-refractivity contribution in [2.75, 3.05) is 26.3 Å². The monoisotopic (exact) mass is 431 g/mol. The minimum absolute atomic E-state index is 0.0487. The van der Waals surface area contributed by atoms with Crippen LogP contribution in [-0.2, 0) is 17.8 Å². The van der Waals surface area contributed by atoms with Crippen LogP contribution in [0.1, 0.15) is 41.8 Å². The fourth-order valence-electron chi connectivity index (χ4n) is 4.51. The summed E-state index contributed by atoms with van der Waals surface area (Å²) in [5.41, 5.74) is 2.56. The molecule has 1 amide bonds. The number of hydrogen-bond donors (Lipinski definition) is 0. The van der Waals surface area contributed by atoms with Crippen LogP contribution < -0.4 is 9.47 Å². The molecular weight excluding hydrogens is 402 g/mol. The first kappa shape index (κ1) is 20.8. The second-order valence-corrected chi connectivity index (χ2v) is 9.12. The van der Waals surface area contributed by atoms with Crippen molar-refractivity contribution in [3.05, 3.63) is 71.3 Å². The molecule has 166 valence electrons. The molecule has 0 spiro atoms. The van der Waals surface area contributed by atoms with E-state index in [0.29, 0.717) is 32.9 Å². The number of rotatable bonds is 4. The first-order valence-electron chi connectivity index (χ1n) is 11.3. The van der Waals surface area contributed by atoms with Gasteiger partial charge in [0.15, 0.2) is 0 Å². The van der Waals surface area contributed by atoms with Crippen molar-refractivity contribution in [3.8, 4) is 11.5 Å². The zero-order valence-corrected chi connectivity index (χ0v) is 18.7. The van der Waals surface area contributed by atoms with Crippen molar-refractivity contribution in [2.45, 2.75) is 38.9 Å². The number of carbonyl (C=O) groups excluding carboxylic acids is 1. The van der Waals surface area contributed by atoms with Crippen LogP contribution >= 0.6 is 0 Å². The highest BCUT2D eigenvalue weighted by atomic mass is 16.5. The summed E-state index contributed by atoms with van der Waals surface area (Å²) >= 11 is 0. The Morgan fingerprint density at radius 1 is 1.03 bits per heavy atom. The van der Waals surface area contributed by atoms with Crippen LogP contribution in [-0.4, -0.2) is 42.7 Å². The van der Waals surface area contributed by atoms with E-state index in [1.165, 1.54) is 0 Å². The fourth-order valence-corrected chi connectivity index (χ4v) is 4.51. The predicted molar refractivity (Wildman–Crippen MR) is 124 cm³/mol. The standard InChI is InChI=1S/C27H29NO4/c1-27(2)12-11-21-23(26(29)28-13-15-30-16-14-28)17-22-20(25(21)32-27)9-6-10-24(22)31-18-19-7-4-3-5-8-19/h3-10,17H,11-16,18H2,1-2H3. The van der Waals surface area contributed by atoms with Crippen molar-refractivity contribution in [1.82, 2.24) is 4.90 Å². The van der Waals surface area contributed by atoms with Gasteiger partial charge in [0.2, 0.25) is 0 Å². The summed E-state index contributed by atoms with van der Waals surface area (Å²) in [5, 5.41) is 1.91. The van der Waals surface area contributed by atoms with E-state index in [1.54, 1.807) is 0 Å². The first-order chi connectivity index (χ1) is 15.5. The molecule has 0 aliphatic carbocycles. The number of morpholine rings is 1. The van der Waals surface area contributed by atoms with Crippen LogP contribution in [0.5, 0.6) is 11.5 Å². The van der Waals surface area contributed by atoms with Crippen LogP contribution in [0.3, 0.4) is 0 Å². The van der Waals surface area contributed by atoms with E-state index in [-0.39, 0.29) is 11.5 Å². The molecule has 5 rings (SSSR count). The van der Waals surface area contributed by atoms with Gasteiger partial charge in [-0.3, -0.25) is 4.79 Å². The van der Waals surface area contributed by atoms with Gasteiger partial charge in [0.25, 0.3) is 5.91 Å². The molecule has 2 aliphatic heterocycles. The zero-order valence-electron chi connectivity index (χ0n) is 18.7. The summed E-state index contributed by atoms with van der Waals surface area (Å²) in [6, 6.07) is 18.1. The average Bonchev–Trinajstić information content (AvgIpc) is 2.82. The maximum absolute atomic E-state index is 13.5. The summed E-state index contributed by atoms with van der Waals surface area (Å²) in [6.45, 7) is 7.07. The Balaban J connectivity index is 1.60. The van der Waals surface area contributed by atoms with E-state index >= 15 is 0 Å². The number of nitrogens with zero attached hydrogens (tertiary/aromatic N) is 1. The molecule has 3 aromatic rings. The maximum Gasteiger partial charge on any atom is 0.254 e. The summed E-state index contributed by atoms with van der Waals surface area (Å²) in [6.07, 6.45) is 1.69. The van der Waals surface area contributed by atoms with Crippen LogP contribution in [0.4, 0.5) is 0 Å². The molecule has 2 heterocycles. The first-order valence-corrected chi connectivity index (χ1v) is 11.3. The molecule has 5 heteroatoms. The minimum atomic E-state index is -0.276. The smallest absolute Gasteiger partial charge is 0.254 e. The molecule has 0 bridgehead atoms. The lowest BCUT2D eigenvalue weighted by atomic mass is 9.88. The van der Waals surface area contributed by atoms with Gasteiger partial charge in [0.05, 0.1) is 13.2 Å². The molecule has 0 aromatic heterocycles. The van der Waals surface area contributed by atoms with E-state index in [1.807, 2.05) is 53.4 Å². The molecule has 0 atom stereocenters. The topological polar surface area (TPSA) is 48.0 Å². The number of fused-ring (bicyclic) bond motifs is 3. The van der Waals surface area contributed by atoms with Crippen molar-refractivity contribution in [1.29, 1.82) is 0 Å². The predicted octanol–water partition coefficient (Wildman–Crippen LogP) is 4.99. The number of benzene rings is 3. The molecule has 3 aromatic carbocycles. The lowest BCUT2D eigenvalue weighted by Crippen LogP contribution is -2.41. The van der Waals surface area contributed by atoms with Crippen molar-refractivity contribution in [3.63, 3.8) is 0 Å². The van der Waals surface area contributed by atoms with Gasteiger partial charge in [-0.15, -0.1) is 0 Å². The number of carbonyl (C=O) groups is 1. The molecule has 32 heavy (non-hydrogen) atoms. The van der Waals surface area contributed by atoms with Gasteiger partial charge in [0, 0.05) is 35.0 Å². The lowest BCUT2D eigenvalue weighted by Gasteiger charge is -2.35. The molecule has 0 radical (unpaired) electrons. The molecule has 0 N–H and O–H groups in total. The molecule has 1 saturated heterocycles. The van der Waals surface area contributed by atoms with Gasteiger partial charge in [-0.05, 0) is 44.4 Å². The Labute approximate surface area is 188 Å². The quantitative estimate of drug-likeness (QED) is 0.584. The second-order valence-electron chi connectivity index (χ2n) is 9.12. The Kier molecular flexibility index (Phi) is 5.51. The van der Waals surface area contributed by atoms with Gasteiger partial charge in [0.1, 0.15) is 23.7 Å². The van der Waals surface area contributed by atoms with E-state index in [9.17, 15) is 4.79 Å². The van der Waals surface area contributed by atoms with E-state index in [4.69, 9.17) is 14.2 Å². The highest BCUT2D eigenvalue weighted by Gasteiger charge is 2.33. The lowest BCUT2D eigenvalue weighted by molar-refractivity contribution is 0.0299. The fraction of sp³-hybridized carbons (Fsp3) is 0.370. The Hall–Kier alpha value is -3.05. The molecule has 5 nitrogen and oxygen atoms in total. The SMILES string of the molecule is CC1(C)CCc2c(C(=O)N3CCOCC3)cc3c(OCc4ccccc4)cccc3c2O1. The molecule has 0 saturated carbocycles. The average molecular weight is 432 g/mol. The van der Waals surface area contributed by atoms with Gasteiger partial charge in [-0.2, -0.15) is 0 Å². The largest absolute Gasteiger partial charge is 0.488 e. The summed E-state index contributed by atoms with van der Waals surface area (Å²) < 4.78 is 18.2. The third-order valence-corrected chi connectivity index (χ3v) is 6.32. The van der Waals surface area contributed by atoms with Crippen molar-refractivity contribution in [2.24, 2.45) is 0 Å². The van der Waals surface area contributed by atoms with Crippen molar-refractivity contribution >= 4 is 16.7 Å². The van der Waals surface area contributed by atoms with Gasteiger partial charge in [-0.25, -0.2) is 0 Å². The molecule has 1 fully saturated rings. The van der Waals surface area contributed by atoms with Gasteiger partial charge < -0.3 is 19.1 Å². The van der Waals surface area contributed by atoms with Gasteiger partial charge in [-0.1, -0.05) is 42.5 Å². The Morgan fingerprint density at radius 2 is 1.81 bits per heavy atom. The Morgan fingerprint density at radius 3 is 2.59 bits per heavy atom. The van der Waals surface area contributed by atoms with E-state index in [0.717, 1.165) is 51.8 Å². The molecule has 2 aliphatic rings. The van der Waals surface area contributed by atoms with Gasteiger partial charge >= 0.3 is 0 Å². The van der Waals surface area contributed by atoms with E-state index in [2.05, 4.69) is 19.9 Å². The Bertz CT molecular complexity index is 1130. The third kappa shape index (κ3) is 4.05. The molecule has 0 unspecified atom stereocenters.